The largest absolute Gasteiger partial charge is 0.478 e. The molecule has 0 radical (unpaired) electrons. The highest BCUT2D eigenvalue weighted by atomic mass is 16.4. The van der Waals surface area contributed by atoms with Crippen LogP contribution in [0.3, 0.4) is 0 Å². The Balaban J connectivity index is 0.000000293. The van der Waals surface area contributed by atoms with Crippen molar-refractivity contribution >= 4 is 28.6 Å². The Bertz CT molecular complexity index is 1180. The summed E-state index contributed by atoms with van der Waals surface area (Å²) in [6, 6.07) is 7.95. The summed E-state index contributed by atoms with van der Waals surface area (Å²) in [5, 5.41) is 16.6. The molecule has 3 N–H and O–H groups in total. The summed E-state index contributed by atoms with van der Waals surface area (Å²) in [7, 11) is 0. The van der Waals surface area contributed by atoms with Crippen molar-refractivity contribution in [3.05, 3.63) is 65.9 Å². The minimum atomic E-state index is -1.26. The molecule has 0 bridgehead atoms. The number of nitrogens with one attached hydrogen (secondary N) is 1. The maximum Gasteiger partial charge on any atom is 0.328 e. The van der Waals surface area contributed by atoms with Gasteiger partial charge < -0.3 is 19.8 Å². The number of carbonyl (C=O) groups excluding carboxylic acids is 1. The van der Waals surface area contributed by atoms with Crippen molar-refractivity contribution < 1.29 is 24.6 Å². The van der Waals surface area contributed by atoms with E-state index in [0.29, 0.717) is 18.7 Å². The smallest absolute Gasteiger partial charge is 0.328 e. The van der Waals surface area contributed by atoms with Gasteiger partial charge in [0.25, 0.3) is 0 Å². The number of imidazole rings is 1. The molecule has 0 amide bonds. The number of para-hydroxylation sites is 1. The highest BCUT2D eigenvalue weighted by molar-refractivity contribution is 6.09. The number of H-pyrrole nitrogens is 1. The van der Waals surface area contributed by atoms with Gasteiger partial charge in [0.2, 0.25) is 0 Å². The van der Waals surface area contributed by atoms with Crippen molar-refractivity contribution in [2.45, 2.75) is 25.8 Å². The second-order valence-electron chi connectivity index (χ2n) is 7.03. The number of benzene rings is 1. The first-order valence-electron chi connectivity index (χ1n) is 9.61. The summed E-state index contributed by atoms with van der Waals surface area (Å²) in [5.74, 6) is 0.355. The third-order valence-corrected chi connectivity index (χ3v) is 5.04. The van der Waals surface area contributed by atoms with Crippen LogP contribution in [-0.2, 0) is 29.0 Å². The molecule has 0 saturated carbocycles. The number of carboxylic acid groups (broad SMARTS) is 2. The average Bonchev–Trinajstić information content (AvgIpc) is 3.37. The first-order valence-corrected chi connectivity index (χ1v) is 9.61. The van der Waals surface area contributed by atoms with Crippen LogP contribution in [0.5, 0.6) is 0 Å². The average molecular weight is 419 g/mol. The van der Waals surface area contributed by atoms with Crippen LogP contribution in [-0.4, -0.2) is 42.5 Å². The van der Waals surface area contributed by atoms with E-state index in [-0.39, 0.29) is 11.7 Å². The molecular formula is C23H21N3O5. The second kappa shape index (κ2) is 9.59. The van der Waals surface area contributed by atoms with Gasteiger partial charge in [-0.3, -0.25) is 4.79 Å². The fourth-order valence-corrected chi connectivity index (χ4v) is 3.66. The number of hydrogen-bond donors (Lipinski definition) is 3. The predicted molar refractivity (Wildman–Crippen MR) is 114 cm³/mol. The Morgan fingerprint density at radius 1 is 1.23 bits per heavy atom. The molecule has 8 nitrogen and oxygen atoms in total. The number of nitrogens with zero attached hydrogens (tertiary/aromatic N) is 2. The summed E-state index contributed by atoms with van der Waals surface area (Å²) >= 11 is 0. The zero-order chi connectivity index (χ0) is 22.4. The highest BCUT2D eigenvalue weighted by Crippen LogP contribution is 2.29. The number of rotatable bonds is 5. The fourth-order valence-electron chi connectivity index (χ4n) is 3.66. The molecule has 1 aliphatic carbocycles. The van der Waals surface area contributed by atoms with Gasteiger partial charge in [0.05, 0.1) is 18.6 Å². The molecule has 1 aromatic carbocycles. The van der Waals surface area contributed by atoms with Gasteiger partial charge in [-0.2, -0.15) is 0 Å². The third kappa shape index (κ3) is 5.08. The molecule has 3 aromatic rings. The van der Waals surface area contributed by atoms with E-state index in [9.17, 15) is 14.4 Å². The van der Waals surface area contributed by atoms with Gasteiger partial charge in [-0.05, 0) is 25.3 Å². The van der Waals surface area contributed by atoms with Crippen LogP contribution in [0, 0.1) is 18.3 Å². The molecule has 0 aliphatic heterocycles. The number of Topliss-reactive ketones (excluding diaryl/α,β-unsaturated/α-hetero) is 1. The minimum absolute atomic E-state index is 0.00745. The van der Waals surface area contributed by atoms with Crippen LogP contribution in [0.2, 0.25) is 0 Å². The Hall–Kier alpha value is -4.12. The van der Waals surface area contributed by atoms with Crippen LogP contribution < -0.4 is 0 Å². The van der Waals surface area contributed by atoms with E-state index in [1.165, 1.54) is 0 Å². The van der Waals surface area contributed by atoms with E-state index in [2.05, 4.69) is 15.9 Å². The van der Waals surface area contributed by atoms with Crippen LogP contribution in [0.25, 0.3) is 10.9 Å². The molecule has 1 aliphatic rings. The molecule has 2 aromatic heterocycles. The molecule has 1 unspecified atom stereocenters. The van der Waals surface area contributed by atoms with Crippen molar-refractivity contribution in [3.63, 3.8) is 0 Å². The van der Waals surface area contributed by atoms with Crippen LogP contribution in [0.15, 0.2) is 48.9 Å². The lowest BCUT2D eigenvalue weighted by molar-refractivity contribution is -0.134. The predicted octanol–water partition coefficient (Wildman–Crippen LogP) is 2.70. The Labute approximate surface area is 178 Å². The minimum Gasteiger partial charge on any atom is -0.478 e. The number of aliphatic carboxylic acids is 2. The van der Waals surface area contributed by atoms with Crippen molar-refractivity contribution in [2.75, 3.05) is 0 Å². The molecule has 1 atom stereocenters. The van der Waals surface area contributed by atoms with Crippen molar-refractivity contribution in [1.82, 2.24) is 14.5 Å². The van der Waals surface area contributed by atoms with E-state index in [1.807, 2.05) is 35.0 Å². The Kier molecular flexibility index (Phi) is 6.67. The zero-order valence-corrected chi connectivity index (χ0v) is 16.6. The SMILES string of the molecule is C#CCn1cc(C(=O)C2CCc3nc[nH]c3C2)c2ccccc21.O=C(O)C=CC(=O)O. The third-order valence-electron chi connectivity index (χ3n) is 5.04. The zero-order valence-electron chi connectivity index (χ0n) is 16.6. The number of terminal acetylenes is 1. The molecule has 158 valence electrons. The van der Waals surface area contributed by atoms with Crippen LogP contribution in [0.1, 0.15) is 28.2 Å². The van der Waals surface area contributed by atoms with Gasteiger partial charge in [-0.15, -0.1) is 6.42 Å². The number of ketones is 1. The summed E-state index contributed by atoms with van der Waals surface area (Å²) < 4.78 is 1.98. The van der Waals surface area contributed by atoms with Crippen LogP contribution in [0.4, 0.5) is 0 Å². The van der Waals surface area contributed by atoms with E-state index in [1.54, 1.807) is 6.33 Å². The topological polar surface area (TPSA) is 125 Å². The number of hydrogen-bond acceptors (Lipinski definition) is 4. The number of fused-ring (bicyclic) bond motifs is 2. The molecule has 31 heavy (non-hydrogen) atoms. The normalized spacial score (nSPS) is 15.0. The molecule has 4 rings (SSSR count). The van der Waals surface area contributed by atoms with Crippen molar-refractivity contribution in [3.8, 4) is 12.3 Å². The lowest BCUT2D eigenvalue weighted by atomic mass is 9.84. The first kappa shape index (κ1) is 21.6. The van der Waals surface area contributed by atoms with Gasteiger partial charge in [-0.1, -0.05) is 24.1 Å². The monoisotopic (exact) mass is 419 g/mol. The second-order valence-corrected chi connectivity index (χ2v) is 7.03. The molecule has 0 spiro atoms. The maximum atomic E-state index is 13.1. The Morgan fingerprint density at radius 3 is 2.61 bits per heavy atom. The van der Waals surface area contributed by atoms with Crippen molar-refractivity contribution in [1.29, 1.82) is 0 Å². The number of aromatic amines is 1. The number of carboxylic acids is 2. The fraction of sp³-hybridized carbons (Fsp3) is 0.217. The molecule has 8 heteroatoms. The summed E-state index contributed by atoms with van der Waals surface area (Å²) in [5.41, 5.74) is 4.00. The maximum absolute atomic E-state index is 13.1. The van der Waals surface area contributed by atoms with E-state index >= 15 is 0 Å². The van der Waals surface area contributed by atoms with Gasteiger partial charge >= 0.3 is 11.9 Å². The van der Waals surface area contributed by atoms with Gasteiger partial charge in [0, 0.05) is 46.4 Å². The molecular weight excluding hydrogens is 398 g/mol. The van der Waals surface area contributed by atoms with Crippen LogP contribution >= 0.6 is 0 Å². The Morgan fingerprint density at radius 2 is 1.94 bits per heavy atom. The van der Waals surface area contributed by atoms with E-state index in [0.717, 1.165) is 47.1 Å². The molecule has 0 fully saturated rings. The number of aromatic nitrogens is 3. The first-order chi connectivity index (χ1) is 14.9. The number of carbonyl (C=O) groups is 3. The van der Waals surface area contributed by atoms with Gasteiger partial charge in [0.15, 0.2) is 5.78 Å². The van der Waals surface area contributed by atoms with E-state index < -0.39 is 11.9 Å². The van der Waals surface area contributed by atoms with Crippen molar-refractivity contribution in [2.24, 2.45) is 5.92 Å². The lowest BCUT2D eigenvalue weighted by Crippen LogP contribution is -2.22. The number of aryl methyl sites for hydroxylation is 1. The molecule has 2 heterocycles. The highest BCUT2D eigenvalue weighted by Gasteiger charge is 2.28. The lowest BCUT2D eigenvalue weighted by Gasteiger charge is -2.19. The summed E-state index contributed by atoms with van der Waals surface area (Å²) in [6.07, 6.45) is 12.7. The summed E-state index contributed by atoms with van der Waals surface area (Å²) in [4.78, 5) is 39.6. The van der Waals surface area contributed by atoms with Gasteiger partial charge in [-0.25, -0.2) is 14.6 Å². The quantitative estimate of drug-likeness (QED) is 0.332. The standard InChI is InChI=1S/C19H17N3O.C4H4O4/c1-2-9-22-11-15(14-5-3-4-6-18(14)22)19(23)13-7-8-16-17(10-13)21-12-20-16;5-3(6)1-2-4(7)8/h1,3-6,11-13H,7-10H2,(H,20,21);1-2H,(H,5,6)(H,7,8). The van der Waals surface area contributed by atoms with Gasteiger partial charge in [0.1, 0.15) is 0 Å². The summed E-state index contributed by atoms with van der Waals surface area (Å²) in [6.45, 7) is 0.475. The molecule has 0 saturated heterocycles. The van der Waals surface area contributed by atoms with E-state index in [4.69, 9.17) is 16.6 Å².